The Kier molecular flexibility index (Phi) is 2.50. The summed E-state index contributed by atoms with van der Waals surface area (Å²) >= 11 is 0. The Morgan fingerprint density at radius 1 is 1.00 bits per heavy atom. The first-order chi connectivity index (χ1) is 6.86. The van der Waals surface area contributed by atoms with Crippen molar-refractivity contribution in [2.24, 2.45) is 0 Å². The lowest BCUT2D eigenvalue weighted by molar-refractivity contribution is 1.42. The summed E-state index contributed by atoms with van der Waals surface area (Å²) in [6.07, 6.45) is 0. The molecule has 0 aliphatic carbocycles. The third kappa shape index (κ3) is 1.94. The van der Waals surface area contributed by atoms with E-state index in [4.69, 9.17) is 0 Å². The molecule has 0 bridgehead atoms. The van der Waals surface area contributed by atoms with Crippen molar-refractivity contribution in [1.82, 2.24) is 0 Å². The van der Waals surface area contributed by atoms with Crippen molar-refractivity contribution >= 4 is 11.4 Å². The van der Waals surface area contributed by atoms with Crippen LogP contribution >= 0.6 is 0 Å². The molecular formula is C13H12N. The van der Waals surface area contributed by atoms with Gasteiger partial charge in [0.05, 0.1) is 0 Å². The van der Waals surface area contributed by atoms with E-state index in [0.29, 0.717) is 0 Å². The summed E-state index contributed by atoms with van der Waals surface area (Å²) < 4.78 is 0. The smallest absolute Gasteiger partial charge is 0.0420 e. The molecule has 1 radical (unpaired) electrons. The second kappa shape index (κ2) is 3.97. The first kappa shape index (κ1) is 8.82. The minimum Gasteiger partial charge on any atom is -0.355 e. The van der Waals surface area contributed by atoms with Gasteiger partial charge < -0.3 is 5.32 Å². The zero-order valence-corrected chi connectivity index (χ0v) is 8.12. The van der Waals surface area contributed by atoms with E-state index in [-0.39, 0.29) is 0 Å². The Morgan fingerprint density at radius 3 is 2.50 bits per heavy atom. The maximum absolute atomic E-state index is 3.34. The molecule has 0 amide bonds. The highest BCUT2D eigenvalue weighted by Gasteiger charge is 1.95. The highest BCUT2D eigenvalue weighted by Crippen LogP contribution is 2.18. The van der Waals surface area contributed by atoms with Gasteiger partial charge in [-0.15, -0.1) is 0 Å². The summed E-state index contributed by atoms with van der Waals surface area (Å²) in [5, 5.41) is 3.34. The molecule has 0 atom stereocenters. The van der Waals surface area contributed by atoms with Crippen LogP contribution in [0, 0.1) is 13.0 Å². The third-order valence-corrected chi connectivity index (χ3v) is 2.12. The maximum atomic E-state index is 3.34. The molecule has 2 rings (SSSR count). The monoisotopic (exact) mass is 182 g/mol. The van der Waals surface area contributed by atoms with E-state index in [9.17, 15) is 0 Å². The van der Waals surface area contributed by atoms with Crippen LogP contribution < -0.4 is 5.32 Å². The lowest BCUT2D eigenvalue weighted by Gasteiger charge is -2.08. The molecule has 0 aromatic heterocycles. The fraction of sp³-hybridized carbons (Fsp3) is 0.0769. The van der Waals surface area contributed by atoms with E-state index in [1.807, 2.05) is 49.4 Å². The molecule has 2 aromatic carbocycles. The van der Waals surface area contributed by atoms with Crippen LogP contribution in [-0.4, -0.2) is 0 Å². The number of nitrogens with one attached hydrogen (secondary N) is 1. The zero-order valence-electron chi connectivity index (χ0n) is 8.12. The Morgan fingerprint density at radius 2 is 1.79 bits per heavy atom. The zero-order chi connectivity index (χ0) is 9.80. The van der Waals surface area contributed by atoms with Crippen LogP contribution in [0.3, 0.4) is 0 Å². The van der Waals surface area contributed by atoms with Crippen molar-refractivity contribution in [2.45, 2.75) is 6.92 Å². The van der Waals surface area contributed by atoms with Gasteiger partial charge in [-0.1, -0.05) is 30.3 Å². The van der Waals surface area contributed by atoms with Gasteiger partial charge in [-0.05, 0) is 36.8 Å². The first-order valence-corrected chi connectivity index (χ1v) is 4.65. The molecule has 69 valence electrons. The van der Waals surface area contributed by atoms with Gasteiger partial charge in [-0.2, -0.15) is 0 Å². The van der Waals surface area contributed by atoms with Crippen LogP contribution in [0.4, 0.5) is 11.4 Å². The Hall–Kier alpha value is -1.76. The van der Waals surface area contributed by atoms with Crippen LogP contribution in [-0.2, 0) is 0 Å². The quantitative estimate of drug-likeness (QED) is 0.749. The van der Waals surface area contributed by atoms with Gasteiger partial charge in [0.1, 0.15) is 0 Å². The minimum atomic E-state index is 1.11. The predicted octanol–water partition coefficient (Wildman–Crippen LogP) is 3.54. The van der Waals surface area contributed by atoms with E-state index in [1.54, 1.807) is 0 Å². The topological polar surface area (TPSA) is 12.0 Å². The summed E-state index contributed by atoms with van der Waals surface area (Å²) in [7, 11) is 0. The number of benzene rings is 2. The molecule has 0 unspecified atom stereocenters. The lowest BCUT2D eigenvalue weighted by Crippen LogP contribution is -1.91. The van der Waals surface area contributed by atoms with Crippen molar-refractivity contribution in [3.05, 3.63) is 60.2 Å². The minimum absolute atomic E-state index is 1.11. The van der Waals surface area contributed by atoms with Crippen molar-refractivity contribution in [1.29, 1.82) is 0 Å². The fourth-order valence-electron chi connectivity index (χ4n) is 1.33. The van der Waals surface area contributed by atoms with E-state index in [0.717, 1.165) is 16.9 Å². The van der Waals surface area contributed by atoms with E-state index in [2.05, 4.69) is 17.4 Å². The average Bonchev–Trinajstić information content (AvgIpc) is 2.23. The van der Waals surface area contributed by atoms with Crippen LogP contribution in [0.1, 0.15) is 5.56 Å². The molecular weight excluding hydrogens is 170 g/mol. The van der Waals surface area contributed by atoms with Crippen molar-refractivity contribution < 1.29 is 0 Å². The van der Waals surface area contributed by atoms with Crippen LogP contribution in [0.15, 0.2) is 48.5 Å². The molecule has 0 saturated heterocycles. The number of rotatable bonds is 2. The SMILES string of the molecule is Cc1[c]cccc1Nc1ccccc1. The molecule has 0 spiro atoms. The van der Waals surface area contributed by atoms with Gasteiger partial charge in [-0.3, -0.25) is 0 Å². The van der Waals surface area contributed by atoms with Crippen molar-refractivity contribution in [3.8, 4) is 0 Å². The van der Waals surface area contributed by atoms with Crippen LogP contribution in [0.25, 0.3) is 0 Å². The molecule has 0 saturated carbocycles. The Labute approximate surface area is 84.4 Å². The van der Waals surface area contributed by atoms with Gasteiger partial charge in [0.15, 0.2) is 0 Å². The van der Waals surface area contributed by atoms with Gasteiger partial charge >= 0.3 is 0 Å². The maximum Gasteiger partial charge on any atom is 0.0420 e. The summed E-state index contributed by atoms with van der Waals surface area (Å²) in [4.78, 5) is 0. The number of hydrogen-bond donors (Lipinski definition) is 1. The first-order valence-electron chi connectivity index (χ1n) is 4.65. The van der Waals surface area contributed by atoms with Gasteiger partial charge in [0.25, 0.3) is 0 Å². The van der Waals surface area contributed by atoms with Gasteiger partial charge in [0.2, 0.25) is 0 Å². The standard InChI is InChI=1S/C13H12N/c1-11-7-5-6-10-13(11)14-12-8-3-2-4-9-12/h2-6,8-10,14H,1H3. The molecule has 1 heteroatoms. The second-order valence-corrected chi connectivity index (χ2v) is 3.20. The lowest BCUT2D eigenvalue weighted by atomic mass is 10.2. The molecule has 0 aliphatic heterocycles. The Bertz CT molecular complexity index is 407. The van der Waals surface area contributed by atoms with Crippen LogP contribution in [0.2, 0.25) is 0 Å². The number of aryl methyl sites for hydroxylation is 1. The number of anilines is 2. The molecule has 1 N–H and O–H groups in total. The van der Waals surface area contributed by atoms with E-state index in [1.165, 1.54) is 0 Å². The molecule has 2 aromatic rings. The van der Waals surface area contributed by atoms with Crippen molar-refractivity contribution in [3.63, 3.8) is 0 Å². The highest BCUT2D eigenvalue weighted by molar-refractivity contribution is 5.62. The van der Waals surface area contributed by atoms with Crippen LogP contribution in [0.5, 0.6) is 0 Å². The highest BCUT2D eigenvalue weighted by atomic mass is 14.9. The summed E-state index contributed by atoms with van der Waals surface area (Å²) in [6, 6.07) is 19.3. The summed E-state index contributed by atoms with van der Waals surface area (Å²) in [5.74, 6) is 0. The third-order valence-electron chi connectivity index (χ3n) is 2.12. The molecule has 0 heterocycles. The summed E-state index contributed by atoms with van der Waals surface area (Å²) in [6.45, 7) is 2.05. The molecule has 0 fully saturated rings. The normalized spacial score (nSPS) is 9.79. The summed E-state index contributed by atoms with van der Waals surface area (Å²) in [5.41, 5.74) is 3.35. The number of para-hydroxylation sites is 1. The molecule has 0 aliphatic rings. The molecule has 1 nitrogen and oxygen atoms in total. The number of hydrogen-bond acceptors (Lipinski definition) is 1. The van der Waals surface area contributed by atoms with Gasteiger partial charge in [0, 0.05) is 11.4 Å². The van der Waals surface area contributed by atoms with E-state index >= 15 is 0 Å². The predicted molar refractivity (Wildman–Crippen MR) is 59.7 cm³/mol. The van der Waals surface area contributed by atoms with Gasteiger partial charge in [-0.25, -0.2) is 0 Å². The van der Waals surface area contributed by atoms with E-state index < -0.39 is 0 Å². The molecule has 14 heavy (non-hydrogen) atoms. The second-order valence-electron chi connectivity index (χ2n) is 3.20. The van der Waals surface area contributed by atoms with Crippen molar-refractivity contribution in [2.75, 3.05) is 5.32 Å². The largest absolute Gasteiger partial charge is 0.355 e. The average molecular weight is 182 g/mol. The fourth-order valence-corrected chi connectivity index (χ4v) is 1.33. The Balaban J connectivity index is 2.24.